The van der Waals surface area contributed by atoms with Crippen LogP contribution >= 0.6 is 11.3 Å². The summed E-state index contributed by atoms with van der Waals surface area (Å²) < 4.78 is 0. The molecule has 0 saturated heterocycles. The van der Waals surface area contributed by atoms with Crippen molar-refractivity contribution in [3.05, 3.63) is 45.4 Å². The lowest BCUT2D eigenvalue weighted by atomic mass is 10.1. The molecule has 0 radical (unpaired) electrons. The van der Waals surface area contributed by atoms with Gasteiger partial charge >= 0.3 is 0 Å². The lowest BCUT2D eigenvalue weighted by Gasteiger charge is -2.08. The van der Waals surface area contributed by atoms with Crippen molar-refractivity contribution in [1.29, 1.82) is 5.26 Å². The molecule has 1 aromatic heterocycles. The van der Waals surface area contributed by atoms with E-state index in [-0.39, 0.29) is 0 Å². The Bertz CT molecular complexity index is 581. The van der Waals surface area contributed by atoms with E-state index in [1.54, 1.807) is 11.3 Å². The normalized spacial score (nSPS) is 10.1. The topological polar surface area (TPSA) is 48.7 Å². The third-order valence-electron chi connectivity index (χ3n) is 2.62. The molecule has 0 atom stereocenters. The number of aryl methyl sites for hydroxylation is 2. The summed E-state index contributed by atoms with van der Waals surface area (Å²) in [6.07, 6.45) is 0.886. The lowest BCUT2D eigenvalue weighted by molar-refractivity contribution is 0.986. The number of nitrogens with zero attached hydrogens (tertiary/aromatic N) is 2. The van der Waals surface area contributed by atoms with E-state index in [2.05, 4.69) is 21.8 Å². The molecule has 4 heteroatoms. The van der Waals surface area contributed by atoms with Crippen LogP contribution in [-0.2, 0) is 6.42 Å². The Kier molecular flexibility index (Phi) is 3.96. The van der Waals surface area contributed by atoms with Gasteiger partial charge in [0.05, 0.1) is 16.3 Å². The first kappa shape index (κ1) is 12.6. The van der Waals surface area contributed by atoms with E-state index in [4.69, 9.17) is 5.26 Å². The fraction of sp³-hybridized carbons (Fsp3) is 0.286. The second-order valence-electron chi connectivity index (χ2n) is 4.22. The average Bonchev–Trinajstić information content (AvgIpc) is 2.75. The van der Waals surface area contributed by atoms with E-state index >= 15 is 0 Å². The molecule has 1 heterocycles. The van der Waals surface area contributed by atoms with Gasteiger partial charge in [-0.3, -0.25) is 0 Å². The number of hydrogen-bond acceptors (Lipinski definition) is 4. The number of aromatic nitrogens is 1. The maximum atomic E-state index is 9.03. The molecule has 0 unspecified atom stereocenters. The van der Waals surface area contributed by atoms with Crippen molar-refractivity contribution in [2.24, 2.45) is 0 Å². The minimum atomic E-state index is 0.691. The molecule has 0 spiro atoms. The number of anilines is 1. The van der Waals surface area contributed by atoms with Crippen LogP contribution in [0.15, 0.2) is 23.6 Å². The number of rotatable bonds is 4. The highest BCUT2D eigenvalue weighted by molar-refractivity contribution is 7.09. The van der Waals surface area contributed by atoms with Gasteiger partial charge in [0.2, 0.25) is 0 Å². The number of nitrogens with one attached hydrogen (secondary N) is 1. The second-order valence-corrected chi connectivity index (χ2v) is 5.16. The summed E-state index contributed by atoms with van der Waals surface area (Å²) in [5.41, 5.74) is 3.83. The standard InChI is InChI=1S/C14H15N3S/c1-10-3-4-12(8-15)13(7-10)16-6-5-14-17-11(2)9-18-14/h3-4,7,9,16H,5-6H2,1-2H3. The fourth-order valence-corrected chi connectivity index (χ4v) is 2.50. The molecule has 0 saturated carbocycles. The summed E-state index contributed by atoms with van der Waals surface area (Å²) in [5, 5.41) is 15.5. The van der Waals surface area contributed by atoms with Crippen molar-refractivity contribution in [1.82, 2.24) is 4.98 Å². The van der Waals surface area contributed by atoms with Crippen LogP contribution in [-0.4, -0.2) is 11.5 Å². The quantitative estimate of drug-likeness (QED) is 0.914. The molecule has 3 nitrogen and oxygen atoms in total. The van der Waals surface area contributed by atoms with E-state index < -0.39 is 0 Å². The van der Waals surface area contributed by atoms with Gasteiger partial charge in [-0.15, -0.1) is 11.3 Å². The summed E-state index contributed by atoms with van der Waals surface area (Å²) in [5.74, 6) is 0. The van der Waals surface area contributed by atoms with Gasteiger partial charge in [-0.25, -0.2) is 4.98 Å². The molecule has 0 aliphatic carbocycles. The Morgan fingerprint density at radius 2 is 2.22 bits per heavy atom. The zero-order valence-corrected chi connectivity index (χ0v) is 11.3. The van der Waals surface area contributed by atoms with Gasteiger partial charge in [0, 0.05) is 24.0 Å². The molecular weight excluding hydrogens is 242 g/mol. The number of nitriles is 1. The predicted molar refractivity (Wildman–Crippen MR) is 74.9 cm³/mol. The second kappa shape index (κ2) is 5.65. The zero-order valence-electron chi connectivity index (χ0n) is 10.5. The molecule has 18 heavy (non-hydrogen) atoms. The Morgan fingerprint density at radius 3 is 2.89 bits per heavy atom. The minimum absolute atomic E-state index is 0.691. The van der Waals surface area contributed by atoms with Gasteiger partial charge in [0.1, 0.15) is 6.07 Å². The summed E-state index contributed by atoms with van der Waals surface area (Å²) in [6.45, 7) is 4.82. The van der Waals surface area contributed by atoms with E-state index in [0.717, 1.165) is 34.9 Å². The fourth-order valence-electron chi connectivity index (χ4n) is 1.72. The third kappa shape index (κ3) is 3.08. The number of thiazole rings is 1. The summed E-state index contributed by atoms with van der Waals surface area (Å²) >= 11 is 1.68. The Morgan fingerprint density at radius 1 is 1.39 bits per heavy atom. The molecule has 1 aromatic carbocycles. The molecule has 0 aliphatic heterocycles. The molecule has 1 N–H and O–H groups in total. The molecular formula is C14H15N3S. The van der Waals surface area contributed by atoms with Gasteiger partial charge in [-0.05, 0) is 31.5 Å². The Labute approximate surface area is 111 Å². The molecule has 92 valence electrons. The van der Waals surface area contributed by atoms with Crippen molar-refractivity contribution < 1.29 is 0 Å². The van der Waals surface area contributed by atoms with Gasteiger partial charge in [-0.1, -0.05) is 6.07 Å². The highest BCUT2D eigenvalue weighted by atomic mass is 32.1. The monoisotopic (exact) mass is 257 g/mol. The van der Waals surface area contributed by atoms with Crippen molar-refractivity contribution in [3.8, 4) is 6.07 Å². The summed E-state index contributed by atoms with van der Waals surface area (Å²) in [4.78, 5) is 4.42. The van der Waals surface area contributed by atoms with Crippen LogP contribution in [0.5, 0.6) is 0 Å². The number of benzene rings is 1. The predicted octanol–water partition coefficient (Wildman–Crippen LogP) is 3.29. The maximum absolute atomic E-state index is 9.03. The minimum Gasteiger partial charge on any atom is -0.384 e. The van der Waals surface area contributed by atoms with Crippen LogP contribution in [0.3, 0.4) is 0 Å². The third-order valence-corrected chi connectivity index (χ3v) is 3.64. The van der Waals surface area contributed by atoms with Crippen LogP contribution in [0.2, 0.25) is 0 Å². The van der Waals surface area contributed by atoms with Gasteiger partial charge in [-0.2, -0.15) is 5.26 Å². The van der Waals surface area contributed by atoms with E-state index in [9.17, 15) is 0 Å². The van der Waals surface area contributed by atoms with Crippen LogP contribution < -0.4 is 5.32 Å². The maximum Gasteiger partial charge on any atom is 0.101 e. The van der Waals surface area contributed by atoms with E-state index in [0.29, 0.717) is 5.56 Å². The SMILES string of the molecule is Cc1ccc(C#N)c(NCCc2nc(C)cs2)c1. The van der Waals surface area contributed by atoms with Crippen LogP contribution in [0.4, 0.5) is 5.69 Å². The van der Waals surface area contributed by atoms with Gasteiger partial charge < -0.3 is 5.32 Å². The molecule has 2 aromatic rings. The van der Waals surface area contributed by atoms with E-state index in [1.165, 1.54) is 0 Å². The highest BCUT2D eigenvalue weighted by Gasteiger charge is 2.03. The molecule has 2 rings (SSSR count). The first-order chi connectivity index (χ1) is 8.69. The summed E-state index contributed by atoms with van der Waals surface area (Å²) in [6, 6.07) is 8.01. The first-order valence-electron chi connectivity index (χ1n) is 5.84. The molecule has 0 amide bonds. The highest BCUT2D eigenvalue weighted by Crippen LogP contribution is 2.17. The van der Waals surface area contributed by atoms with E-state index in [1.807, 2.05) is 32.0 Å². The van der Waals surface area contributed by atoms with Crippen molar-refractivity contribution in [2.45, 2.75) is 20.3 Å². The van der Waals surface area contributed by atoms with Crippen LogP contribution in [0, 0.1) is 25.2 Å². The number of hydrogen-bond donors (Lipinski definition) is 1. The Hall–Kier alpha value is -1.86. The van der Waals surface area contributed by atoms with Crippen molar-refractivity contribution in [2.75, 3.05) is 11.9 Å². The van der Waals surface area contributed by atoms with Crippen LogP contribution in [0.25, 0.3) is 0 Å². The molecule has 0 bridgehead atoms. The largest absolute Gasteiger partial charge is 0.384 e. The Balaban J connectivity index is 1.98. The summed E-state index contributed by atoms with van der Waals surface area (Å²) in [7, 11) is 0. The van der Waals surface area contributed by atoms with Crippen molar-refractivity contribution >= 4 is 17.0 Å². The lowest BCUT2D eigenvalue weighted by Crippen LogP contribution is -2.06. The smallest absolute Gasteiger partial charge is 0.101 e. The molecule has 0 fully saturated rings. The molecule has 0 aliphatic rings. The van der Waals surface area contributed by atoms with Gasteiger partial charge in [0.15, 0.2) is 0 Å². The van der Waals surface area contributed by atoms with Crippen LogP contribution in [0.1, 0.15) is 21.8 Å². The average molecular weight is 257 g/mol. The first-order valence-corrected chi connectivity index (χ1v) is 6.72. The zero-order chi connectivity index (χ0) is 13.0. The van der Waals surface area contributed by atoms with Crippen molar-refractivity contribution in [3.63, 3.8) is 0 Å². The van der Waals surface area contributed by atoms with Gasteiger partial charge in [0.25, 0.3) is 0 Å².